The first kappa shape index (κ1) is 27.1. The summed E-state index contributed by atoms with van der Waals surface area (Å²) in [6.45, 7) is 7.40. The van der Waals surface area contributed by atoms with Gasteiger partial charge in [0.05, 0.1) is 18.2 Å². The second-order valence-electron chi connectivity index (χ2n) is 11.1. The molecule has 0 radical (unpaired) electrons. The molecule has 2 bridgehead atoms. The zero-order valence-electron chi connectivity index (χ0n) is 22.3. The van der Waals surface area contributed by atoms with Gasteiger partial charge in [-0.05, 0) is 55.9 Å². The molecular formula is C28H31N3O7. The highest BCUT2D eigenvalue weighted by Gasteiger charge is 2.56. The Kier molecular flexibility index (Phi) is 6.96. The zero-order chi connectivity index (χ0) is 28.0. The van der Waals surface area contributed by atoms with Gasteiger partial charge in [-0.2, -0.15) is 10.5 Å². The largest absolute Gasteiger partial charge is 0.461 e. The van der Waals surface area contributed by atoms with Crippen molar-refractivity contribution in [2.45, 2.75) is 78.0 Å². The predicted octanol–water partition coefficient (Wildman–Crippen LogP) is 3.44. The van der Waals surface area contributed by atoms with Crippen LogP contribution < -0.4 is 0 Å². The van der Waals surface area contributed by atoms with Crippen molar-refractivity contribution >= 4 is 23.8 Å². The van der Waals surface area contributed by atoms with Crippen LogP contribution >= 0.6 is 0 Å². The second kappa shape index (κ2) is 9.75. The zero-order valence-corrected chi connectivity index (χ0v) is 22.3. The number of hydrogen-bond acceptors (Lipinski definition) is 9. The van der Waals surface area contributed by atoms with Gasteiger partial charge in [0.15, 0.2) is 11.2 Å². The minimum absolute atomic E-state index is 0.0398. The van der Waals surface area contributed by atoms with Crippen molar-refractivity contribution in [3.8, 4) is 12.1 Å². The summed E-state index contributed by atoms with van der Waals surface area (Å²) in [5, 5.41) is 20.8. The number of hydrogen-bond donors (Lipinski definition) is 0. The fourth-order valence-electron chi connectivity index (χ4n) is 6.02. The first-order valence-corrected chi connectivity index (χ1v) is 12.6. The quantitative estimate of drug-likeness (QED) is 0.308. The summed E-state index contributed by atoms with van der Waals surface area (Å²) in [6.07, 6.45) is 2.39. The number of rotatable bonds is 4. The molecule has 0 N–H and O–H groups in total. The van der Waals surface area contributed by atoms with Crippen molar-refractivity contribution in [1.29, 1.82) is 10.5 Å². The van der Waals surface area contributed by atoms with E-state index in [9.17, 15) is 29.7 Å². The van der Waals surface area contributed by atoms with Gasteiger partial charge in [0.1, 0.15) is 18.8 Å². The number of nitriles is 2. The van der Waals surface area contributed by atoms with Gasteiger partial charge >= 0.3 is 18.0 Å². The number of ketones is 1. The monoisotopic (exact) mass is 521 g/mol. The van der Waals surface area contributed by atoms with Crippen LogP contribution in [0.15, 0.2) is 33.9 Å². The summed E-state index contributed by atoms with van der Waals surface area (Å²) in [5.74, 6) is -2.00. The molecule has 10 nitrogen and oxygen atoms in total. The molecule has 38 heavy (non-hydrogen) atoms. The highest BCUT2D eigenvalue weighted by Crippen LogP contribution is 2.56. The van der Waals surface area contributed by atoms with Gasteiger partial charge in [-0.25, -0.2) is 4.79 Å². The van der Waals surface area contributed by atoms with Gasteiger partial charge in [-0.3, -0.25) is 19.3 Å². The molecule has 1 saturated heterocycles. The van der Waals surface area contributed by atoms with Crippen molar-refractivity contribution in [3.63, 3.8) is 0 Å². The van der Waals surface area contributed by atoms with Crippen molar-refractivity contribution in [1.82, 2.24) is 4.90 Å². The molecule has 3 atom stereocenters. The van der Waals surface area contributed by atoms with Crippen LogP contribution in [0.1, 0.15) is 60.3 Å². The number of fused-ring (bicyclic) bond motifs is 5. The maximum absolute atomic E-state index is 13.3. The van der Waals surface area contributed by atoms with Crippen LogP contribution in [0.2, 0.25) is 0 Å². The van der Waals surface area contributed by atoms with Crippen LogP contribution in [0.3, 0.4) is 0 Å². The average Bonchev–Trinajstić information content (AvgIpc) is 3.26. The Bertz CT molecular complexity index is 1270. The lowest BCUT2D eigenvalue weighted by Gasteiger charge is -2.43. The maximum Gasteiger partial charge on any atom is 0.411 e. The average molecular weight is 522 g/mol. The third kappa shape index (κ3) is 4.71. The van der Waals surface area contributed by atoms with Crippen LogP contribution in [-0.2, 0) is 28.6 Å². The minimum Gasteiger partial charge on any atom is -0.461 e. The Balaban J connectivity index is 1.94. The summed E-state index contributed by atoms with van der Waals surface area (Å²) in [7, 11) is 0. The molecule has 1 unspecified atom stereocenters. The van der Waals surface area contributed by atoms with Crippen molar-refractivity contribution in [3.05, 3.63) is 33.9 Å². The van der Waals surface area contributed by atoms with Gasteiger partial charge in [-0.15, -0.1) is 0 Å². The number of ether oxygens (including phenoxy) is 3. The lowest BCUT2D eigenvalue weighted by molar-refractivity contribution is -0.141. The molecule has 2 aliphatic carbocycles. The van der Waals surface area contributed by atoms with Gasteiger partial charge in [0, 0.05) is 44.2 Å². The lowest BCUT2D eigenvalue weighted by Crippen LogP contribution is -2.51. The molecule has 0 spiro atoms. The van der Waals surface area contributed by atoms with Gasteiger partial charge in [0.2, 0.25) is 0 Å². The third-order valence-corrected chi connectivity index (χ3v) is 7.50. The number of nitrogens with zero attached hydrogens (tertiary/aromatic N) is 3. The van der Waals surface area contributed by atoms with E-state index in [0.29, 0.717) is 35.1 Å². The molecule has 10 heteroatoms. The molecule has 0 aromatic rings. The molecule has 4 aliphatic rings. The summed E-state index contributed by atoms with van der Waals surface area (Å²) < 4.78 is 16.3. The molecule has 1 fully saturated rings. The van der Waals surface area contributed by atoms with E-state index in [-0.39, 0.29) is 43.5 Å². The first-order valence-electron chi connectivity index (χ1n) is 12.6. The summed E-state index contributed by atoms with van der Waals surface area (Å²) in [6, 6.07) is 3.59. The van der Waals surface area contributed by atoms with Crippen LogP contribution in [0, 0.1) is 34.0 Å². The molecule has 0 aromatic heterocycles. The SMILES string of the molecule is CC(=O)OCC1=C2CC(C#N)(C#N)C3=CC4CC[C@@H]([C@@H]3C(COC(C)=O)=C2CC1=O)N4C(=O)OC(C)(C)C. The minimum atomic E-state index is -1.63. The highest BCUT2D eigenvalue weighted by atomic mass is 16.6. The fourth-order valence-corrected chi connectivity index (χ4v) is 6.02. The van der Waals surface area contributed by atoms with E-state index in [2.05, 4.69) is 12.1 Å². The normalized spacial score (nSPS) is 25.4. The Hall–Kier alpha value is -3.92. The molecule has 200 valence electrons. The van der Waals surface area contributed by atoms with E-state index in [1.807, 2.05) is 6.08 Å². The fraction of sp³-hybridized carbons (Fsp3) is 0.571. The Labute approximate surface area is 221 Å². The van der Waals surface area contributed by atoms with Crippen molar-refractivity contribution in [2.75, 3.05) is 13.2 Å². The Morgan fingerprint density at radius 1 is 1.05 bits per heavy atom. The van der Waals surface area contributed by atoms with Gasteiger partial charge in [0.25, 0.3) is 0 Å². The van der Waals surface area contributed by atoms with E-state index in [1.165, 1.54) is 13.8 Å². The number of esters is 2. The van der Waals surface area contributed by atoms with E-state index in [1.54, 1.807) is 25.7 Å². The maximum atomic E-state index is 13.3. The standard InChI is InChI=1S/C28H31N3O7/c1-15(32)36-11-20-19-10-28(13-29,14-30)22-8-17-6-7-23(31(17)26(35)38-27(3,4)5)25(22)21(12-37-16(2)33)18(19)9-24(20)34/h8,17,23,25H,6-7,9-12H2,1-5H3/t17?,23-,25+/m0/s1. The summed E-state index contributed by atoms with van der Waals surface area (Å²) in [4.78, 5) is 51.5. The Morgan fingerprint density at radius 3 is 2.26 bits per heavy atom. The van der Waals surface area contributed by atoms with Crippen LogP contribution in [0.5, 0.6) is 0 Å². The molecule has 1 amide bonds. The first-order chi connectivity index (χ1) is 17.8. The van der Waals surface area contributed by atoms with Crippen LogP contribution in [0.25, 0.3) is 0 Å². The van der Waals surface area contributed by atoms with Crippen molar-refractivity contribution < 1.29 is 33.4 Å². The smallest absolute Gasteiger partial charge is 0.411 e. The number of carbonyl (C=O) groups is 4. The predicted molar refractivity (Wildman–Crippen MR) is 132 cm³/mol. The summed E-state index contributed by atoms with van der Waals surface area (Å²) >= 11 is 0. The summed E-state index contributed by atoms with van der Waals surface area (Å²) in [5.41, 5.74) is 0.0535. The number of amides is 1. The molecule has 2 heterocycles. The Morgan fingerprint density at radius 2 is 1.68 bits per heavy atom. The lowest BCUT2D eigenvalue weighted by atomic mass is 9.69. The van der Waals surface area contributed by atoms with Gasteiger partial charge < -0.3 is 14.2 Å². The number of Topliss-reactive ketones (excluding diaryl/α,β-unsaturated/α-hetero) is 1. The number of carbonyl (C=O) groups excluding carboxylic acids is 4. The molecule has 4 rings (SSSR count). The van der Waals surface area contributed by atoms with Crippen molar-refractivity contribution in [2.24, 2.45) is 11.3 Å². The van der Waals surface area contributed by atoms with Gasteiger partial charge in [-0.1, -0.05) is 6.08 Å². The number of allylic oxidation sites excluding steroid dienone is 2. The molecule has 0 saturated carbocycles. The van der Waals surface area contributed by atoms with E-state index in [4.69, 9.17) is 14.2 Å². The molecular weight excluding hydrogens is 490 g/mol. The second-order valence-corrected chi connectivity index (χ2v) is 11.1. The van der Waals surface area contributed by atoms with E-state index >= 15 is 0 Å². The molecule has 2 aliphatic heterocycles. The third-order valence-electron chi connectivity index (χ3n) is 7.50. The van der Waals surface area contributed by atoms with E-state index in [0.717, 1.165) is 0 Å². The van der Waals surface area contributed by atoms with Crippen LogP contribution in [-0.4, -0.2) is 59.6 Å². The topological polar surface area (TPSA) is 147 Å². The molecule has 0 aromatic carbocycles. The van der Waals surface area contributed by atoms with Crippen LogP contribution in [0.4, 0.5) is 4.79 Å². The highest BCUT2D eigenvalue weighted by molar-refractivity contribution is 6.03. The van der Waals surface area contributed by atoms with E-state index < -0.39 is 41.0 Å².